The zero-order valence-corrected chi connectivity index (χ0v) is 17.3. The number of rotatable bonds is 5. The summed E-state index contributed by atoms with van der Waals surface area (Å²) < 4.78 is 51.6. The summed E-state index contributed by atoms with van der Waals surface area (Å²) in [5.41, 5.74) is 1.60. The van der Waals surface area contributed by atoms with Crippen LogP contribution in [0.1, 0.15) is 25.7 Å². The topological polar surface area (TPSA) is 126 Å². The molecule has 2 aliphatic heterocycles. The Morgan fingerprint density at radius 1 is 1.17 bits per heavy atom. The molecule has 0 aliphatic carbocycles. The summed E-state index contributed by atoms with van der Waals surface area (Å²) >= 11 is 0. The highest BCUT2D eigenvalue weighted by molar-refractivity contribution is 7.90. The van der Waals surface area contributed by atoms with Gasteiger partial charge in [0, 0.05) is 37.9 Å². The number of nitrogens with zero attached hydrogens (tertiary/aromatic N) is 2. The fourth-order valence-electron chi connectivity index (χ4n) is 3.87. The number of carbonyl (C=O) groups is 1. The minimum Gasteiger partial charge on any atom is -0.371 e. The van der Waals surface area contributed by atoms with Crippen LogP contribution in [0.25, 0.3) is 0 Å². The van der Waals surface area contributed by atoms with Crippen molar-refractivity contribution in [2.24, 2.45) is 5.92 Å². The summed E-state index contributed by atoms with van der Waals surface area (Å²) in [6.07, 6.45) is 3.08. The van der Waals surface area contributed by atoms with Crippen LogP contribution in [-0.2, 0) is 14.6 Å². The molecule has 2 aliphatic rings. The predicted octanol–water partition coefficient (Wildman–Crippen LogP) is 1.35. The molecule has 2 heterocycles. The minimum absolute atomic E-state index is 0.0502. The van der Waals surface area contributed by atoms with Gasteiger partial charge >= 0.3 is 0 Å². The maximum atomic E-state index is 14.4. The second-order valence-corrected chi connectivity index (χ2v) is 9.57. The lowest BCUT2D eigenvalue weighted by Gasteiger charge is -2.43. The van der Waals surface area contributed by atoms with E-state index in [1.54, 1.807) is 5.01 Å². The van der Waals surface area contributed by atoms with E-state index >= 15 is 0 Å². The van der Waals surface area contributed by atoms with Crippen LogP contribution in [0, 0.1) is 23.0 Å². The third-order valence-corrected chi connectivity index (χ3v) is 6.62. The van der Waals surface area contributed by atoms with Crippen LogP contribution >= 0.6 is 0 Å². The lowest BCUT2D eigenvalue weighted by molar-refractivity contribution is -0.156. The van der Waals surface area contributed by atoms with E-state index in [0.717, 1.165) is 12.3 Å². The Bertz CT molecular complexity index is 935. The van der Waals surface area contributed by atoms with E-state index in [0.29, 0.717) is 51.4 Å². The molecule has 0 bridgehead atoms. The fourth-order valence-corrected chi connectivity index (χ4v) is 4.60. The van der Waals surface area contributed by atoms with Crippen LogP contribution < -0.4 is 10.8 Å². The van der Waals surface area contributed by atoms with Crippen LogP contribution in [-0.4, -0.2) is 67.3 Å². The first-order chi connectivity index (χ1) is 14.1. The molecule has 3 rings (SSSR count). The predicted molar refractivity (Wildman–Crippen MR) is 105 cm³/mol. The number of hydroxylamine groups is 1. The molecule has 1 aromatic rings. The number of anilines is 1. The van der Waals surface area contributed by atoms with Gasteiger partial charge < -0.3 is 5.32 Å². The fraction of sp³-hybridized carbons (Fsp3) is 0.556. The third-order valence-electron chi connectivity index (χ3n) is 5.51. The van der Waals surface area contributed by atoms with Crippen LogP contribution in [0.2, 0.25) is 0 Å². The van der Waals surface area contributed by atoms with E-state index in [9.17, 15) is 22.0 Å². The molecular formula is C18H25F2N5O4S. The van der Waals surface area contributed by atoms with Crippen molar-refractivity contribution in [3.8, 4) is 0 Å². The molecule has 1 atom stereocenters. The van der Waals surface area contributed by atoms with Crippen molar-refractivity contribution in [3.05, 3.63) is 23.8 Å². The van der Waals surface area contributed by atoms with E-state index in [4.69, 9.17) is 10.6 Å². The molecule has 0 spiro atoms. The molecule has 0 radical (unpaired) electrons. The first-order valence-electron chi connectivity index (χ1n) is 9.62. The van der Waals surface area contributed by atoms with Gasteiger partial charge in [0.15, 0.2) is 9.84 Å². The molecule has 2 saturated heterocycles. The first-order valence-corrected chi connectivity index (χ1v) is 11.5. The second-order valence-electron chi connectivity index (χ2n) is 7.59. The summed E-state index contributed by atoms with van der Waals surface area (Å²) in [5.74, 6) is -2.36. The van der Waals surface area contributed by atoms with Gasteiger partial charge in [-0.15, -0.1) is 0 Å². The number of amides is 1. The van der Waals surface area contributed by atoms with E-state index in [1.165, 1.54) is 0 Å². The summed E-state index contributed by atoms with van der Waals surface area (Å²) in [6.45, 7) is 1.56. The van der Waals surface area contributed by atoms with E-state index < -0.39 is 32.4 Å². The maximum absolute atomic E-state index is 14.4. The molecule has 0 saturated carbocycles. The van der Waals surface area contributed by atoms with Crippen LogP contribution in [0.15, 0.2) is 17.0 Å². The molecule has 0 aromatic heterocycles. The zero-order chi connectivity index (χ0) is 22.1. The van der Waals surface area contributed by atoms with Crippen LogP contribution in [0.3, 0.4) is 0 Å². The molecule has 9 nitrogen and oxygen atoms in total. The normalized spacial score (nSPS) is 21.5. The molecule has 4 N–H and O–H groups in total. The average Bonchev–Trinajstić information content (AvgIpc) is 2.70. The number of carbonyl (C=O) groups excluding carboxylic acids is 1. The SMILES string of the molecule is CS(=O)(=O)c1cc(F)c(N[C@H]2CCCN(N3CCC(C(=N)NO)CC3)C2=O)cc1F. The summed E-state index contributed by atoms with van der Waals surface area (Å²) in [7, 11) is -3.91. The van der Waals surface area contributed by atoms with Gasteiger partial charge in [0.25, 0.3) is 5.91 Å². The Hall–Kier alpha value is -2.31. The third kappa shape index (κ3) is 4.71. The van der Waals surface area contributed by atoms with Crippen molar-refractivity contribution in [3.63, 3.8) is 0 Å². The zero-order valence-electron chi connectivity index (χ0n) is 16.5. The number of nitrogens with one attached hydrogen (secondary N) is 3. The van der Waals surface area contributed by atoms with E-state index in [2.05, 4.69) is 5.32 Å². The summed E-state index contributed by atoms with van der Waals surface area (Å²) in [4.78, 5) is 12.2. The maximum Gasteiger partial charge on any atom is 0.259 e. The van der Waals surface area contributed by atoms with Crippen molar-refractivity contribution in [2.75, 3.05) is 31.2 Å². The number of hydrogen-bond acceptors (Lipinski definition) is 7. The summed E-state index contributed by atoms with van der Waals surface area (Å²) in [5, 5.41) is 22.7. The Morgan fingerprint density at radius 2 is 1.83 bits per heavy atom. The molecule has 166 valence electrons. The molecule has 1 aromatic carbocycles. The largest absolute Gasteiger partial charge is 0.371 e. The van der Waals surface area contributed by atoms with Crippen molar-refractivity contribution in [1.29, 1.82) is 5.41 Å². The van der Waals surface area contributed by atoms with Crippen LogP contribution in [0.4, 0.5) is 14.5 Å². The number of piperidine rings is 2. The number of halogens is 2. The molecule has 2 fully saturated rings. The highest BCUT2D eigenvalue weighted by Gasteiger charge is 2.35. The van der Waals surface area contributed by atoms with Gasteiger partial charge in [0.1, 0.15) is 28.4 Å². The van der Waals surface area contributed by atoms with Crippen molar-refractivity contribution < 1.29 is 27.2 Å². The van der Waals surface area contributed by atoms with Crippen molar-refractivity contribution in [1.82, 2.24) is 15.5 Å². The average molecular weight is 445 g/mol. The second kappa shape index (κ2) is 8.82. The van der Waals surface area contributed by atoms with E-state index in [-0.39, 0.29) is 23.3 Å². The van der Waals surface area contributed by atoms with Gasteiger partial charge in [-0.25, -0.2) is 22.2 Å². The number of sulfone groups is 1. The van der Waals surface area contributed by atoms with Crippen LogP contribution in [0.5, 0.6) is 0 Å². The molecule has 12 heteroatoms. The van der Waals surface area contributed by atoms with Gasteiger partial charge in [-0.1, -0.05) is 0 Å². The lowest BCUT2D eigenvalue weighted by atomic mass is 9.96. The van der Waals surface area contributed by atoms with Gasteiger partial charge in [-0.3, -0.25) is 25.9 Å². The minimum atomic E-state index is -3.91. The molecule has 1 amide bonds. The lowest BCUT2D eigenvalue weighted by Crippen LogP contribution is -2.57. The highest BCUT2D eigenvalue weighted by Crippen LogP contribution is 2.27. The number of hydrazine groups is 1. The Kier molecular flexibility index (Phi) is 6.58. The quantitative estimate of drug-likeness (QED) is 0.306. The molecule has 30 heavy (non-hydrogen) atoms. The number of hydrogen-bond donors (Lipinski definition) is 4. The smallest absolute Gasteiger partial charge is 0.259 e. The van der Waals surface area contributed by atoms with Crippen molar-refractivity contribution in [2.45, 2.75) is 36.6 Å². The van der Waals surface area contributed by atoms with Gasteiger partial charge in [0.05, 0.1) is 5.69 Å². The number of amidine groups is 1. The Labute approximate surface area is 173 Å². The van der Waals surface area contributed by atoms with Gasteiger partial charge in [-0.05, 0) is 31.7 Å². The Morgan fingerprint density at radius 3 is 2.43 bits per heavy atom. The monoisotopic (exact) mass is 445 g/mol. The molecular weight excluding hydrogens is 420 g/mol. The van der Waals surface area contributed by atoms with Gasteiger partial charge in [0.2, 0.25) is 0 Å². The number of benzene rings is 1. The van der Waals surface area contributed by atoms with Crippen molar-refractivity contribution >= 4 is 27.3 Å². The summed E-state index contributed by atoms with van der Waals surface area (Å²) in [6, 6.07) is 0.607. The first kappa shape index (κ1) is 22.4. The van der Waals surface area contributed by atoms with Gasteiger partial charge in [-0.2, -0.15) is 0 Å². The molecule has 0 unspecified atom stereocenters. The standard InChI is InChI=1S/C18H25F2N5O4S/c1-30(28,29)16-10-12(19)15(9-13(16)20)22-14-3-2-6-25(18(14)26)24-7-4-11(5-8-24)17(21)23-27/h9-11,14,22,27H,2-8H2,1H3,(H2,21,23)/t14-/m0/s1. The Balaban J connectivity index is 1.69. The van der Waals surface area contributed by atoms with E-state index in [1.807, 2.05) is 10.5 Å². The highest BCUT2D eigenvalue weighted by atomic mass is 32.2.